The molecule has 2 rings (SSSR count). The van der Waals surface area contributed by atoms with Crippen LogP contribution in [0.5, 0.6) is 0 Å². The van der Waals surface area contributed by atoms with Crippen LogP contribution in [0, 0.1) is 0 Å². The fourth-order valence-electron chi connectivity index (χ4n) is 1.54. The van der Waals surface area contributed by atoms with Gasteiger partial charge in [-0.3, -0.25) is 14.5 Å². The van der Waals surface area contributed by atoms with E-state index in [1.54, 1.807) is 18.2 Å². The molecule has 2 amide bonds. The van der Waals surface area contributed by atoms with Gasteiger partial charge in [-0.1, -0.05) is 13.3 Å². The summed E-state index contributed by atoms with van der Waals surface area (Å²) < 4.78 is 5.89. The molecule has 6 heteroatoms. The van der Waals surface area contributed by atoms with Crippen molar-refractivity contribution in [2.24, 2.45) is 0 Å². The van der Waals surface area contributed by atoms with Crippen LogP contribution in [-0.4, -0.2) is 22.6 Å². The maximum absolute atomic E-state index is 12.0. The molecule has 0 saturated carbocycles. The first kappa shape index (κ1) is 13.4. The summed E-state index contributed by atoms with van der Waals surface area (Å²) >= 11 is 4.15. The van der Waals surface area contributed by atoms with Crippen LogP contribution in [0.3, 0.4) is 0 Å². The van der Waals surface area contributed by atoms with Gasteiger partial charge in [-0.05, 0) is 46.2 Å². The standard InChI is InChI=1S/C12H12BrNO3S/c1-2-3-6-14-11(15)9(18-12(14)16)7-8-4-5-10(13)17-8/h4-5,7H,2-3,6H2,1H3. The van der Waals surface area contributed by atoms with E-state index in [0.29, 0.717) is 21.9 Å². The van der Waals surface area contributed by atoms with E-state index < -0.39 is 0 Å². The summed E-state index contributed by atoms with van der Waals surface area (Å²) in [7, 11) is 0. The molecule has 0 bridgehead atoms. The van der Waals surface area contributed by atoms with Crippen molar-refractivity contribution in [3.8, 4) is 0 Å². The van der Waals surface area contributed by atoms with E-state index in [2.05, 4.69) is 15.9 Å². The molecule has 0 N–H and O–H groups in total. The van der Waals surface area contributed by atoms with E-state index in [4.69, 9.17) is 4.42 Å². The third-order valence-corrected chi connectivity index (χ3v) is 3.81. The lowest BCUT2D eigenvalue weighted by atomic mass is 10.3. The predicted octanol–water partition coefficient (Wildman–Crippen LogP) is 3.88. The molecule has 0 aromatic carbocycles. The zero-order chi connectivity index (χ0) is 13.1. The highest BCUT2D eigenvalue weighted by molar-refractivity contribution is 9.10. The number of hydrogen-bond acceptors (Lipinski definition) is 4. The molecule has 96 valence electrons. The number of hydrogen-bond donors (Lipinski definition) is 0. The summed E-state index contributed by atoms with van der Waals surface area (Å²) in [4.78, 5) is 25.4. The van der Waals surface area contributed by atoms with E-state index in [-0.39, 0.29) is 11.1 Å². The highest BCUT2D eigenvalue weighted by Gasteiger charge is 2.34. The molecule has 0 unspecified atom stereocenters. The van der Waals surface area contributed by atoms with Gasteiger partial charge in [-0.25, -0.2) is 0 Å². The molecule has 1 fully saturated rings. The fourth-order valence-corrected chi connectivity index (χ4v) is 2.71. The second-order valence-corrected chi connectivity index (χ2v) is 5.60. The van der Waals surface area contributed by atoms with E-state index in [0.717, 1.165) is 24.6 Å². The molecule has 4 nitrogen and oxygen atoms in total. The topological polar surface area (TPSA) is 50.5 Å². The Morgan fingerprint density at radius 1 is 1.44 bits per heavy atom. The summed E-state index contributed by atoms with van der Waals surface area (Å²) in [5, 5.41) is -0.203. The van der Waals surface area contributed by atoms with Crippen LogP contribution in [0.1, 0.15) is 25.5 Å². The molecule has 1 saturated heterocycles. The van der Waals surface area contributed by atoms with Crippen LogP contribution >= 0.6 is 27.7 Å². The van der Waals surface area contributed by atoms with Crippen molar-refractivity contribution >= 4 is 44.9 Å². The number of amides is 2. The molecular weight excluding hydrogens is 318 g/mol. The Balaban J connectivity index is 2.14. The number of rotatable bonds is 4. The molecular formula is C12H12BrNO3S. The van der Waals surface area contributed by atoms with E-state index >= 15 is 0 Å². The van der Waals surface area contributed by atoms with Crippen LogP contribution in [0.25, 0.3) is 6.08 Å². The number of carbonyl (C=O) groups is 2. The van der Waals surface area contributed by atoms with Crippen LogP contribution in [0.15, 0.2) is 26.1 Å². The van der Waals surface area contributed by atoms with Crippen molar-refractivity contribution in [3.63, 3.8) is 0 Å². The Labute approximate surface area is 118 Å². The van der Waals surface area contributed by atoms with Gasteiger partial charge in [-0.2, -0.15) is 0 Å². The summed E-state index contributed by atoms with van der Waals surface area (Å²) in [6.45, 7) is 2.51. The zero-order valence-electron chi connectivity index (χ0n) is 9.81. The van der Waals surface area contributed by atoms with Crippen molar-refractivity contribution in [2.45, 2.75) is 19.8 Å². The van der Waals surface area contributed by atoms with E-state index in [1.807, 2.05) is 6.92 Å². The maximum Gasteiger partial charge on any atom is 0.293 e. The largest absolute Gasteiger partial charge is 0.450 e. The second kappa shape index (κ2) is 5.75. The molecule has 1 aliphatic rings. The normalized spacial score (nSPS) is 18.1. The zero-order valence-corrected chi connectivity index (χ0v) is 12.2. The number of nitrogens with zero attached hydrogens (tertiary/aromatic N) is 1. The van der Waals surface area contributed by atoms with Crippen LogP contribution in [-0.2, 0) is 4.79 Å². The average molecular weight is 330 g/mol. The lowest BCUT2D eigenvalue weighted by Crippen LogP contribution is -2.29. The van der Waals surface area contributed by atoms with Gasteiger partial charge in [0.05, 0.1) is 4.91 Å². The minimum Gasteiger partial charge on any atom is -0.450 e. The smallest absolute Gasteiger partial charge is 0.293 e. The number of unbranched alkanes of at least 4 members (excludes halogenated alkanes) is 1. The number of halogens is 1. The molecule has 0 radical (unpaired) electrons. The van der Waals surface area contributed by atoms with Gasteiger partial charge >= 0.3 is 0 Å². The lowest BCUT2D eigenvalue weighted by molar-refractivity contribution is -0.122. The molecule has 18 heavy (non-hydrogen) atoms. The predicted molar refractivity (Wildman–Crippen MR) is 74.0 cm³/mol. The molecule has 0 atom stereocenters. The van der Waals surface area contributed by atoms with Crippen LogP contribution in [0.4, 0.5) is 4.79 Å². The van der Waals surface area contributed by atoms with Gasteiger partial charge in [0.2, 0.25) is 0 Å². The van der Waals surface area contributed by atoms with Crippen molar-refractivity contribution in [1.29, 1.82) is 0 Å². The van der Waals surface area contributed by atoms with Crippen molar-refractivity contribution < 1.29 is 14.0 Å². The van der Waals surface area contributed by atoms with Gasteiger partial charge in [0.15, 0.2) is 4.67 Å². The highest BCUT2D eigenvalue weighted by Crippen LogP contribution is 2.32. The highest BCUT2D eigenvalue weighted by atomic mass is 79.9. The van der Waals surface area contributed by atoms with Crippen molar-refractivity contribution in [1.82, 2.24) is 4.90 Å². The average Bonchev–Trinajstić information content (AvgIpc) is 2.84. The molecule has 1 aliphatic heterocycles. The van der Waals surface area contributed by atoms with Crippen molar-refractivity contribution in [2.75, 3.05) is 6.54 Å². The third-order valence-electron chi connectivity index (χ3n) is 2.48. The van der Waals surface area contributed by atoms with Gasteiger partial charge in [0, 0.05) is 12.6 Å². The molecule has 0 aliphatic carbocycles. The lowest BCUT2D eigenvalue weighted by Gasteiger charge is -2.10. The minimum atomic E-state index is -0.231. The summed E-state index contributed by atoms with van der Waals surface area (Å²) in [6, 6.07) is 3.48. The Kier molecular flexibility index (Phi) is 4.29. The maximum atomic E-state index is 12.0. The summed E-state index contributed by atoms with van der Waals surface area (Å²) in [5.74, 6) is 0.328. The molecule has 1 aromatic heterocycles. The minimum absolute atomic E-state index is 0.203. The fraction of sp³-hybridized carbons (Fsp3) is 0.333. The number of imide groups is 1. The number of thioether (sulfide) groups is 1. The monoisotopic (exact) mass is 329 g/mol. The summed E-state index contributed by atoms with van der Waals surface area (Å²) in [6.07, 6.45) is 3.38. The van der Waals surface area contributed by atoms with Gasteiger partial charge < -0.3 is 4.42 Å². The second-order valence-electron chi connectivity index (χ2n) is 3.83. The SMILES string of the molecule is CCCCN1C(=O)SC(=Cc2ccc(Br)o2)C1=O. The number of carbonyl (C=O) groups excluding carboxylic acids is 2. The van der Waals surface area contributed by atoms with Gasteiger partial charge in [0.1, 0.15) is 5.76 Å². The Morgan fingerprint density at radius 2 is 2.22 bits per heavy atom. The first-order valence-electron chi connectivity index (χ1n) is 5.62. The Bertz CT molecular complexity index is 509. The van der Waals surface area contributed by atoms with Crippen LogP contribution in [0.2, 0.25) is 0 Å². The Hall–Kier alpha value is -1.01. The number of furan rings is 1. The molecule has 1 aromatic rings. The molecule has 0 spiro atoms. The third kappa shape index (κ3) is 2.87. The molecule has 2 heterocycles. The van der Waals surface area contributed by atoms with Gasteiger partial charge in [-0.15, -0.1) is 0 Å². The Morgan fingerprint density at radius 3 is 2.83 bits per heavy atom. The van der Waals surface area contributed by atoms with Crippen molar-refractivity contribution in [3.05, 3.63) is 27.5 Å². The first-order valence-corrected chi connectivity index (χ1v) is 7.23. The van der Waals surface area contributed by atoms with Gasteiger partial charge in [0.25, 0.3) is 11.1 Å². The van der Waals surface area contributed by atoms with Crippen LogP contribution < -0.4 is 0 Å². The first-order chi connectivity index (χ1) is 8.61. The summed E-state index contributed by atoms with van der Waals surface area (Å²) in [5.41, 5.74) is 0. The van der Waals surface area contributed by atoms with E-state index in [1.165, 1.54) is 4.90 Å². The quantitative estimate of drug-likeness (QED) is 0.786. The van der Waals surface area contributed by atoms with E-state index in [9.17, 15) is 9.59 Å².